The van der Waals surface area contributed by atoms with Crippen LogP contribution in [-0.2, 0) is 16.4 Å². The van der Waals surface area contributed by atoms with Gasteiger partial charge in [-0.25, -0.2) is 17.2 Å². The van der Waals surface area contributed by atoms with Gasteiger partial charge in [-0.2, -0.15) is 0 Å². The Morgan fingerprint density at radius 1 is 1.02 bits per heavy atom. The van der Waals surface area contributed by atoms with Gasteiger partial charge in [-0.3, -0.25) is 4.79 Å². The molecule has 0 radical (unpaired) electrons. The molecule has 1 heterocycles. The predicted molar refractivity (Wildman–Crippen MR) is 160 cm³/mol. The molecule has 5 rings (SSSR count). The summed E-state index contributed by atoms with van der Waals surface area (Å²) < 4.78 is 59.2. The smallest absolute Gasteiger partial charge is 0.266 e. The number of sulfone groups is 1. The highest BCUT2D eigenvalue weighted by Crippen LogP contribution is 2.41. The molecule has 216 valence electrons. The number of hydrogen-bond donors (Lipinski definition) is 0. The standard InChI is InChI=1S/C31H30ClF2NO4S2/c1-18-7-10-22(11-8-18)35(31(36)30-28(32)27-24(33)12-13-25(34)29(27)40-30)17-21-15-20(9-14-26(21)39-2)19-5-4-6-23(16-19)41(3,37)38/h4-6,9,12-16,18,22H,7-8,10-11,17H2,1-3H3. The number of thiophene rings is 1. The number of methoxy groups -OCH3 is 1. The van der Waals surface area contributed by atoms with Crippen LogP contribution in [0.5, 0.6) is 5.75 Å². The number of carbonyl (C=O) groups is 1. The molecule has 0 atom stereocenters. The maximum atomic E-state index is 14.6. The lowest BCUT2D eigenvalue weighted by Crippen LogP contribution is -2.41. The number of nitrogens with zero attached hydrogens (tertiary/aromatic N) is 1. The number of hydrogen-bond acceptors (Lipinski definition) is 5. The zero-order chi connectivity index (χ0) is 29.5. The van der Waals surface area contributed by atoms with E-state index in [1.807, 2.05) is 18.2 Å². The summed E-state index contributed by atoms with van der Waals surface area (Å²) >= 11 is 7.40. The van der Waals surface area contributed by atoms with Gasteiger partial charge in [0, 0.05) is 24.4 Å². The number of amides is 1. The summed E-state index contributed by atoms with van der Waals surface area (Å²) in [5, 5.41) is -0.165. The molecule has 1 saturated carbocycles. The van der Waals surface area contributed by atoms with Gasteiger partial charge in [0.25, 0.3) is 5.91 Å². The fraction of sp³-hybridized carbons (Fsp3) is 0.323. The van der Waals surface area contributed by atoms with Crippen LogP contribution in [-0.4, -0.2) is 38.6 Å². The zero-order valence-corrected chi connectivity index (χ0v) is 25.3. The molecule has 0 unspecified atom stereocenters. The summed E-state index contributed by atoms with van der Waals surface area (Å²) in [5.41, 5.74) is 2.19. The maximum absolute atomic E-state index is 14.6. The minimum absolute atomic E-state index is 0.0147. The first kappa shape index (κ1) is 29.5. The van der Waals surface area contributed by atoms with E-state index in [-0.39, 0.29) is 43.4 Å². The molecule has 1 aliphatic rings. The van der Waals surface area contributed by atoms with Crippen molar-refractivity contribution in [2.45, 2.75) is 50.1 Å². The molecule has 41 heavy (non-hydrogen) atoms. The first-order chi connectivity index (χ1) is 19.5. The van der Waals surface area contributed by atoms with Crippen molar-refractivity contribution in [2.24, 2.45) is 5.92 Å². The largest absolute Gasteiger partial charge is 0.496 e. The Morgan fingerprint density at radius 2 is 1.71 bits per heavy atom. The number of rotatable bonds is 7. The summed E-state index contributed by atoms with van der Waals surface area (Å²) in [6.45, 7) is 2.37. The van der Waals surface area contributed by atoms with Gasteiger partial charge >= 0.3 is 0 Å². The van der Waals surface area contributed by atoms with Crippen molar-refractivity contribution >= 4 is 48.8 Å². The van der Waals surface area contributed by atoms with E-state index >= 15 is 0 Å². The lowest BCUT2D eigenvalue weighted by atomic mass is 9.86. The Hall–Kier alpha value is -3.01. The molecular formula is C31H30ClF2NO4S2. The number of carbonyl (C=O) groups excluding carboxylic acids is 1. The average Bonchev–Trinajstić information content (AvgIpc) is 3.31. The van der Waals surface area contributed by atoms with Crippen LogP contribution in [0.15, 0.2) is 59.5 Å². The van der Waals surface area contributed by atoms with Gasteiger partial charge in [-0.15, -0.1) is 11.3 Å². The summed E-state index contributed by atoms with van der Waals surface area (Å²) in [6, 6.07) is 14.2. The van der Waals surface area contributed by atoms with E-state index in [1.165, 1.54) is 0 Å². The van der Waals surface area contributed by atoms with Crippen molar-refractivity contribution in [3.05, 3.63) is 81.7 Å². The summed E-state index contributed by atoms with van der Waals surface area (Å²) in [4.78, 5) is 16.2. The Kier molecular flexibility index (Phi) is 8.41. The molecular weight excluding hydrogens is 588 g/mol. The quantitative estimate of drug-likeness (QED) is 0.210. The Balaban J connectivity index is 1.57. The van der Waals surface area contributed by atoms with Gasteiger partial charge in [0.2, 0.25) is 0 Å². The maximum Gasteiger partial charge on any atom is 0.266 e. The highest BCUT2D eigenvalue weighted by molar-refractivity contribution is 7.90. The Bertz CT molecular complexity index is 1730. The SMILES string of the molecule is COc1ccc(-c2cccc(S(C)(=O)=O)c2)cc1CN(C(=O)c1sc2c(F)ccc(F)c2c1Cl)C1CCC(C)CC1. The van der Waals surface area contributed by atoms with Crippen LogP contribution >= 0.6 is 22.9 Å². The summed E-state index contributed by atoms with van der Waals surface area (Å²) in [5.74, 6) is -0.587. The average molecular weight is 618 g/mol. The Labute approximate surface area is 247 Å². The van der Waals surface area contributed by atoms with Gasteiger partial charge in [0.15, 0.2) is 9.84 Å². The first-order valence-electron chi connectivity index (χ1n) is 13.3. The van der Waals surface area contributed by atoms with E-state index in [9.17, 15) is 22.0 Å². The normalized spacial score (nSPS) is 17.5. The number of halogens is 3. The molecule has 4 aromatic rings. The third kappa shape index (κ3) is 5.98. The predicted octanol–water partition coefficient (Wildman–Crippen LogP) is 8.13. The van der Waals surface area contributed by atoms with Crippen molar-refractivity contribution < 1.29 is 26.7 Å². The van der Waals surface area contributed by atoms with Gasteiger partial charge in [-0.1, -0.05) is 36.7 Å². The van der Waals surface area contributed by atoms with Crippen molar-refractivity contribution in [1.29, 1.82) is 0 Å². The fourth-order valence-corrected chi connectivity index (χ4v) is 7.63. The molecule has 0 N–H and O–H groups in total. The van der Waals surface area contributed by atoms with Gasteiger partial charge in [0.05, 0.1) is 27.1 Å². The molecule has 1 fully saturated rings. The highest BCUT2D eigenvalue weighted by atomic mass is 35.5. The molecule has 1 aliphatic carbocycles. The molecule has 10 heteroatoms. The van der Waals surface area contributed by atoms with E-state index in [0.29, 0.717) is 17.2 Å². The molecule has 0 spiro atoms. The molecule has 0 saturated heterocycles. The van der Waals surface area contributed by atoms with Crippen LogP contribution in [0.4, 0.5) is 8.78 Å². The topological polar surface area (TPSA) is 63.7 Å². The Morgan fingerprint density at radius 3 is 2.37 bits per heavy atom. The zero-order valence-electron chi connectivity index (χ0n) is 22.9. The molecule has 1 aromatic heterocycles. The first-order valence-corrected chi connectivity index (χ1v) is 16.4. The minimum Gasteiger partial charge on any atom is -0.496 e. The van der Waals surface area contributed by atoms with Crippen molar-refractivity contribution in [3.8, 4) is 16.9 Å². The second kappa shape index (κ2) is 11.7. The lowest BCUT2D eigenvalue weighted by Gasteiger charge is -2.36. The highest BCUT2D eigenvalue weighted by Gasteiger charge is 2.32. The number of ether oxygens (including phenoxy) is 1. The molecule has 0 aliphatic heterocycles. The second-order valence-corrected chi connectivity index (χ2v) is 14.1. The molecule has 5 nitrogen and oxygen atoms in total. The van der Waals surface area contributed by atoms with E-state index < -0.39 is 21.5 Å². The third-order valence-corrected chi connectivity index (χ3v) is 10.6. The van der Waals surface area contributed by atoms with Crippen LogP contribution in [0.3, 0.4) is 0 Å². The van der Waals surface area contributed by atoms with Crippen LogP contribution < -0.4 is 4.74 Å². The fourth-order valence-electron chi connectivity index (χ4n) is 5.46. The van der Waals surface area contributed by atoms with Gasteiger partial charge in [-0.05, 0) is 79.1 Å². The third-order valence-electron chi connectivity index (χ3n) is 7.78. The number of benzene rings is 3. The monoisotopic (exact) mass is 617 g/mol. The second-order valence-electron chi connectivity index (χ2n) is 10.7. The summed E-state index contributed by atoms with van der Waals surface area (Å²) in [7, 11) is -1.85. The van der Waals surface area contributed by atoms with Crippen LogP contribution in [0.2, 0.25) is 5.02 Å². The van der Waals surface area contributed by atoms with Crippen LogP contribution in [0, 0.1) is 17.6 Å². The van der Waals surface area contributed by atoms with Crippen molar-refractivity contribution in [3.63, 3.8) is 0 Å². The summed E-state index contributed by atoms with van der Waals surface area (Å²) in [6.07, 6.45) is 4.64. The van der Waals surface area contributed by atoms with E-state index in [2.05, 4.69) is 6.92 Å². The minimum atomic E-state index is -3.40. The molecule has 3 aromatic carbocycles. The van der Waals surface area contributed by atoms with E-state index in [0.717, 1.165) is 66.5 Å². The number of fused-ring (bicyclic) bond motifs is 1. The van der Waals surface area contributed by atoms with Crippen molar-refractivity contribution in [1.82, 2.24) is 4.90 Å². The van der Waals surface area contributed by atoms with Gasteiger partial charge in [0.1, 0.15) is 22.3 Å². The molecule has 1 amide bonds. The van der Waals surface area contributed by atoms with E-state index in [1.54, 1.807) is 36.3 Å². The molecule has 0 bridgehead atoms. The van der Waals surface area contributed by atoms with Crippen molar-refractivity contribution in [2.75, 3.05) is 13.4 Å². The van der Waals surface area contributed by atoms with Gasteiger partial charge < -0.3 is 9.64 Å². The van der Waals surface area contributed by atoms with Crippen LogP contribution in [0.1, 0.15) is 47.8 Å². The van der Waals surface area contributed by atoms with E-state index in [4.69, 9.17) is 16.3 Å². The van der Waals surface area contributed by atoms with Crippen LogP contribution in [0.25, 0.3) is 21.2 Å². The lowest BCUT2D eigenvalue weighted by molar-refractivity contribution is 0.0597.